The zero-order valence-corrected chi connectivity index (χ0v) is 29.0. The normalized spacial score (nSPS) is 17.2. The number of nitrogens with zero attached hydrogens (tertiary/aromatic N) is 5. The quantitative estimate of drug-likeness (QED) is 0.228. The summed E-state index contributed by atoms with van der Waals surface area (Å²) in [4.78, 5) is 58.8. The van der Waals surface area contributed by atoms with Crippen LogP contribution in [0.4, 0.5) is 9.59 Å². The molecule has 2 atom stereocenters. The Kier molecular flexibility index (Phi) is 10.5. The lowest BCUT2D eigenvalue weighted by Gasteiger charge is -2.46. The van der Waals surface area contributed by atoms with Crippen LogP contribution < -0.4 is 14.8 Å². The molecule has 2 fully saturated rings. The van der Waals surface area contributed by atoms with Crippen LogP contribution in [0.1, 0.15) is 16.7 Å². The van der Waals surface area contributed by atoms with Crippen LogP contribution >= 0.6 is 0 Å². The van der Waals surface area contributed by atoms with E-state index in [4.69, 9.17) is 9.47 Å². The van der Waals surface area contributed by atoms with Crippen molar-refractivity contribution in [3.8, 4) is 11.5 Å². The van der Waals surface area contributed by atoms with Crippen LogP contribution in [0.2, 0.25) is 0 Å². The van der Waals surface area contributed by atoms with Gasteiger partial charge in [0.15, 0.2) is 0 Å². The Balaban J connectivity index is 1.29. The van der Waals surface area contributed by atoms with Gasteiger partial charge in [0.2, 0.25) is 11.8 Å². The lowest BCUT2D eigenvalue weighted by molar-refractivity contribution is -0.157. The largest absolute Gasteiger partial charge is 0.497 e. The van der Waals surface area contributed by atoms with E-state index in [1.54, 1.807) is 66.4 Å². The third kappa shape index (κ3) is 7.65. The number of hydrogen-bond acceptors (Lipinski definition) is 7. The molecule has 4 aromatic rings. The van der Waals surface area contributed by atoms with Crippen molar-refractivity contribution in [3.63, 3.8) is 0 Å². The number of hydrogen-bond donors (Lipinski definition) is 1. The van der Waals surface area contributed by atoms with Crippen molar-refractivity contribution in [2.75, 3.05) is 40.8 Å². The molecule has 5 amide bonds. The minimum absolute atomic E-state index is 0.0836. The number of hydrazine groups is 1. The molecule has 4 aromatic carbocycles. The molecular formula is C39H42N6O6. The SMILES string of the molecule is C=CCN(C(=O)NCc1ccc(OC)cc1)N1CC(=O)N2[C@@H](Cc3ccc(OC(=O)N(C)C)cc3)C(=O)N(Cc3cccc4ccccc34)C[C@@H]21. The molecular weight excluding hydrogens is 648 g/mol. The van der Waals surface area contributed by atoms with Crippen molar-refractivity contribution >= 4 is 34.7 Å². The number of piperazine rings is 1. The number of carbonyl (C=O) groups is 4. The molecule has 0 radical (unpaired) electrons. The summed E-state index contributed by atoms with van der Waals surface area (Å²) < 4.78 is 10.6. The molecule has 6 rings (SSSR count). The Bertz CT molecular complexity index is 1910. The molecule has 2 heterocycles. The van der Waals surface area contributed by atoms with Crippen LogP contribution in [-0.2, 0) is 29.1 Å². The monoisotopic (exact) mass is 690 g/mol. The van der Waals surface area contributed by atoms with Gasteiger partial charge in [0, 0.05) is 33.6 Å². The number of methoxy groups -OCH3 is 1. The van der Waals surface area contributed by atoms with E-state index in [0.717, 1.165) is 27.5 Å². The molecule has 2 aliphatic rings. The van der Waals surface area contributed by atoms with Gasteiger partial charge in [0.25, 0.3) is 0 Å². The first-order valence-electron chi connectivity index (χ1n) is 16.8. The summed E-state index contributed by atoms with van der Waals surface area (Å²) in [7, 11) is 4.80. The predicted molar refractivity (Wildman–Crippen MR) is 192 cm³/mol. The highest BCUT2D eigenvalue weighted by molar-refractivity contribution is 5.92. The Labute approximate surface area is 297 Å². The van der Waals surface area contributed by atoms with E-state index in [2.05, 4.69) is 11.9 Å². The summed E-state index contributed by atoms with van der Waals surface area (Å²) in [6, 6.07) is 27.2. The fourth-order valence-electron chi connectivity index (χ4n) is 6.57. The molecule has 51 heavy (non-hydrogen) atoms. The van der Waals surface area contributed by atoms with E-state index < -0.39 is 24.3 Å². The first kappa shape index (κ1) is 35.0. The molecule has 0 saturated carbocycles. The van der Waals surface area contributed by atoms with E-state index in [9.17, 15) is 19.2 Å². The molecule has 0 aromatic heterocycles. The number of amides is 5. The Morgan fingerprint density at radius 1 is 0.922 bits per heavy atom. The van der Waals surface area contributed by atoms with E-state index in [-0.39, 0.29) is 44.4 Å². The summed E-state index contributed by atoms with van der Waals surface area (Å²) in [6.45, 7) is 4.73. The van der Waals surface area contributed by atoms with Gasteiger partial charge in [0.1, 0.15) is 23.7 Å². The minimum atomic E-state index is -0.834. The number of benzene rings is 4. The molecule has 12 nitrogen and oxygen atoms in total. The van der Waals surface area contributed by atoms with Crippen LogP contribution in [0.15, 0.2) is 104 Å². The summed E-state index contributed by atoms with van der Waals surface area (Å²) in [6.07, 6.45) is 0.733. The van der Waals surface area contributed by atoms with Gasteiger partial charge in [-0.15, -0.1) is 6.58 Å². The van der Waals surface area contributed by atoms with Crippen LogP contribution in [-0.4, -0.2) is 102 Å². The Morgan fingerprint density at radius 2 is 1.61 bits per heavy atom. The number of ether oxygens (including phenoxy) is 2. The van der Waals surface area contributed by atoms with Crippen LogP contribution in [0, 0.1) is 0 Å². The third-order valence-corrected chi connectivity index (χ3v) is 9.18. The average molecular weight is 691 g/mol. The first-order valence-corrected chi connectivity index (χ1v) is 16.8. The lowest BCUT2D eigenvalue weighted by atomic mass is 9.99. The van der Waals surface area contributed by atoms with Crippen LogP contribution in [0.3, 0.4) is 0 Å². The minimum Gasteiger partial charge on any atom is -0.497 e. The topological polar surface area (TPSA) is 115 Å². The summed E-state index contributed by atoms with van der Waals surface area (Å²) in [5.74, 6) is 0.646. The maximum Gasteiger partial charge on any atom is 0.414 e. The predicted octanol–water partition coefficient (Wildman–Crippen LogP) is 4.65. The Morgan fingerprint density at radius 3 is 2.31 bits per heavy atom. The zero-order chi connectivity index (χ0) is 36.1. The van der Waals surface area contributed by atoms with Crippen molar-refractivity contribution in [2.24, 2.45) is 0 Å². The zero-order valence-electron chi connectivity index (χ0n) is 29.0. The van der Waals surface area contributed by atoms with Gasteiger partial charge in [-0.25, -0.2) is 9.59 Å². The highest BCUT2D eigenvalue weighted by Crippen LogP contribution is 2.31. The molecule has 12 heteroatoms. The second kappa shape index (κ2) is 15.3. The maximum atomic E-state index is 14.4. The fraction of sp³-hybridized carbons (Fsp3) is 0.282. The maximum absolute atomic E-state index is 14.4. The standard InChI is InChI=1S/C39H42N6O6/c1-5-21-43(38(48)40-23-28-15-17-31(50-4)18-16-28)44-26-36(46)45-34(22-27-13-19-32(20-14-27)51-39(49)41(2)3)37(47)42(25-35(44)45)24-30-11-8-10-29-9-6-7-12-33(29)30/h5-20,34-35H,1,21-26H2,2-4H3,(H,40,48)/t34-,35+/m0/s1. The van der Waals surface area contributed by atoms with E-state index in [1.165, 1.54) is 9.91 Å². The molecule has 0 spiro atoms. The van der Waals surface area contributed by atoms with Crippen molar-refractivity contribution in [3.05, 3.63) is 120 Å². The number of fused-ring (bicyclic) bond motifs is 2. The van der Waals surface area contributed by atoms with E-state index in [0.29, 0.717) is 18.0 Å². The summed E-state index contributed by atoms with van der Waals surface area (Å²) >= 11 is 0. The molecule has 2 saturated heterocycles. The lowest BCUT2D eigenvalue weighted by Crippen LogP contribution is -2.66. The second-order valence-corrected chi connectivity index (χ2v) is 12.7. The van der Waals surface area contributed by atoms with Gasteiger partial charge in [-0.1, -0.05) is 72.8 Å². The molecule has 2 aliphatic heterocycles. The molecule has 0 unspecified atom stereocenters. The van der Waals surface area contributed by atoms with Gasteiger partial charge in [0.05, 0.1) is 26.7 Å². The van der Waals surface area contributed by atoms with Crippen molar-refractivity contribution < 1.29 is 28.7 Å². The Hall–Kier alpha value is -5.88. The van der Waals surface area contributed by atoms with Gasteiger partial charge >= 0.3 is 12.1 Å². The molecule has 0 aliphatic carbocycles. The van der Waals surface area contributed by atoms with E-state index >= 15 is 0 Å². The smallest absolute Gasteiger partial charge is 0.414 e. The van der Waals surface area contributed by atoms with Crippen LogP contribution in [0.25, 0.3) is 10.8 Å². The van der Waals surface area contributed by atoms with Crippen molar-refractivity contribution in [1.82, 2.24) is 30.0 Å². The highest BCUT2D eigenvalue weighted by Gasteiger charge is 2.52. The van der Waals surface area contributed by atoms with Gasteiger partial charge in [-0.2, -0.15) is 5.01 Å². The summed E-state index contributed by atoms with van der Waals surface area (Å²) in [5.41, 5.74) is 2.65. The van der Waals surface area contributed by atoms with Gasteiger partial charge < -0.3 is 29.5 Å². The first-order chi connectivity index (χ1) is 24.7. The molecule has 1 N–H and O–H groups in total. The number of rotatable bonds is 11. The third-order valence-electron chi connectivity index (χ3n) is 9.18. The molecule has 0 bridgehead atoms. The van der Waals surface area contributed by atoms with Gasteiger partial charge in [-0.3, -0.25) is 14.6 Å². The second-order valence-electron chi connectivity index (χ2n) is 12.7. The van der Waals surface area contributed by atoms with Crippen LogP contribution in [0.5, 0.6) is 11.5 Å². The average Bonchev–Trinajstić information content (AvgIpc) is 3.46. The van der Waals surface area contributed by atoms with Crippen molar-refractivity contribution in [2.45, 2.75) is 31.7 Å². The fourth-order valence-corrected chi connectivity index (χ4v) is 6.57. The van der Waals surface area contributed by atoms with Crippen molar-refractivity contribution in [1.29, 1.82) is 0 Å². The number of carbonyl (C=O) groups excluding carboxylic acids is 4. The van der Waals surface area contributed by atoms with Gasteiger partial charge in [-0.05, 0) is 51.7 Å². The molecule has 264 valence electrons. The highest BCUT2D eigenvalue weighted by atomic mass is 16.6. The van der Waals surface area contributed by atoms with E-state index in [1.807, 2.05) is 66.7 Å². The number of nitrogens with one attached hydrogen (secondary N) is 1. The number of urea groups is 1. The summed E-state index contributed by atoms with van der Waals surface area (Å²) in [5, 5.41) is 8.32.